The van der Waals surface area contributed by atoms with Gasteiger partial charge >= 0.3 is 131 Å². The van der Waals surface area contributed by atoms with Gasteiger partial charge in [-0.15, -0.1) is 0 Å². The summed E-state index contributed by atoms with van der Waals surface area (Å²) in [6.07, 6.45) is 6.15. The molecule has 0 saturated carbocycles. The van der Waals surface area contributed by atoms with Gasteiger partial charge in [0.05, 0.1) is 0 Å². The van der Waals surface area contributed by atoms with Gasteiger partial charge in [0, 0.05) is 0 Å². The molecule has 0 radical (unpaired) electrons. The third-order valence-electron chi connectivity index (χ3n) is 2.99. The van der Waals surface area contributed by atoms with Gasteiger partial charge in [-0.2, -0.15) is 0 Å². The fourth-order valence-electron chi connectivity index (χ4n) is 2.10. The number of hydrogen-bond donors (Lipinski definition) is 0. The molecule has 0 N–H and O–H groups in total. The second kappa shape index (κ2) is 7.17. The summed E-state index contributed by atoms with van der Waals surface area (Å²) in [4.78, 5) is 0. The molecule has 94 valence electrons. The first kappa shape index (κ1) is 14.7. The zero-order valence-corrected chi connectivity index (χ0v) is 16.5. The van der Waals surface area contributed by atoms with Crippen LogP contribution in [0, 0.1) is 0 Å². The van der Waals surface area contributed by atoms with Crippen LogP contribution in [0.1, 0.15) is 39.5 Å². The number of thioether (sulfide) groups is 2. The molecule has 0 aromatic carbocycles. The van der Waals surface area contributed by atoms with Crippen molar-refractivity contribution in [3.8, 4) is 0 Å². The SMILES string of the molecule is CC1C[Te]C2(CCCCCS1)SC(C)C[Te]2. The average molecular weight is 486 g/mol. The van der Waals surface area contributed by atoms with Gasteiger partial charge in [-0.1, -0.05) is 0 Å². The summed E-state index contributed by atoms with van der Waals surface area (Å²) < 4.78 is 4.18. The van der Waals surface area contributed by atoms with Gasteiger partial charge in [0.15, 0.2) is 0 Å². The van der Waals surface area contributed by atoms with Crippen molar-refractivity contribution in [3.63, 3.8) is 0 Å². The summed E-state index contributed by atoms with van der Waals surface area (Å²) in [6.45, 7) is 4.96. The Morgan fingerprint density at radius 1 is 1.00 bits per heavy atom. The van der Waals surface area contributed by atoms with Crippen LogP contribution in [-0.4, -0.2) is 58.9 Å². The Morgan fingerprint density at radius 3 is 2.50 bits per heavy atom. The molecule has 2 aliphatic heterocycles. The van der Waals surface area contributed by atoms with Crippen LogP contribution in [-0.2, 0) is 0 Å². The van der Waals surface area contributed by atoms with Gasteiger partial charge in [0.25, 0.3) is 0 Å². The predicted octanol–water partition coefficient (Wildman–Crippen LogP) is 3.72. The van der Waals surface area contributed by atoms with Crippen molar-refractivity contribution in [1.29, 1.82) is 0 Å². The fraction of sp³-hybridized carbons (Fsp3) is 1.00. The molecule has 0 aromatic heterocycles. The van der Waals surface area contributed by atoms with Crippen molar-refractivity contribution in [2.45, 2.75) is 59.8 Å². The molecule has 0 aliphatic carbocycles. The van der Waals surface area contributed by atoms with E-state index >= 15 is 0 Å². The third kappa shape index (κ3) is 4.43. The molecule has 2 heterocycles. The first-order chi connectivity index (χ1) is 7.70. The molecule has 3 atom stereocenters. The summed E-state index contributed by atoms with van der Waals surface area (Å²) in [6, 6.07) is 0. The quantitative estimate of drug-likeness (QED) is 0.480. The van der Waals surface area contributed by atoms with E-state index < -0.39 is 0 Å². The van der Waals surface area contributed by atoms with Crippen LogP contribution in [0.4, 0.5) is 0 Å². The number of rotatable bonds is 0. The van der Waals surface area contributed by atoms with E-state index in [1.54, 1.807) is 21.8 Å². The van der Waals surface area contributed by atoms with Gasteiger partial charge in [0.1, 0.15) is 0 Å². The standard InChI is InChI=1S/C12H22S2Te2/c1-10-8-15-12(14-11(2)9-16-12)6-4-3-5-7-13-10/h10-11H,3-9H2,1-2H3. The van der Waals surface area contributed by atoms with Gasteiger partial charge in [0.2, 0.25) is 0 Å². The molecule has 0 nitrogen and oxygen atoms in total. The van der Waals surface area contributed by atoms with Crippen LogP contribution in [0.3, 0.4) is 0 Å². The summed E-state index contributed by atoms with van der Waals surface area (Å²) in [5.41, 5.74) is 0. The van der Waals surface area contributed by atoms with Crippen LogP contribution >= 0.6 is 23.5 Å². The van der Waals surface area contributed by atoms with E-state index in [1.165, 1.54) is 18.6 Å². The minimum absolute atomic E-state index is 0.290. The molecular formula is C12H22S2Te2. The Kier molecular flexibility index (Phi) is 6.58. The average Bonchev–Trinajstić information content (AvgIpc) is 2.63. The Hall–Kier alpha value is 2.28. The Balaban J connectivity index is 1.93. The maximum atomic E-state index is 2.48. The normalized spacial score (nSPS) is 42.4. The topological polar surface area (TPSA) is 0 Å². The van der Waals surface area contributed by atoms with Crippen LogP contribution in [0.2, 0.25) is 8.94 Å². The predicted molar refractivity (Wildman–Crippen MR) is 81.3 cm³/mol. The third-order valence-corrected chi connectivity index (χ3v) is 21.9. The zero-order valence-electron chi connectivity index (χ0n) is 10.2. The molecule has 2 saturated heterocycles. The summed E-state index contributed by atoms with van der Waals surface area (Å²) in [5, 5.41) is 1.99. The van der Waals surface area contributed by atoms with Crippen molar-refractivity contribution < 1.29 is 0 Å². The summed E-state index contributed by atoms with van der Waals surface area (Å²) in [5.74, 6) is 1.43. The van der Waals surface area contributed by atoms with E-state index in [0.29, 0.717) is 20.9 Å². The van der Waals surface area contributed by atoms with Crippen molar-refractivity contribution in [2.24, 2.45) is 0 Å². The molecule has 2 fully saturated rings. The van der Waals surface area contributed by atoms with E-state index in [9.17, 15) is 0 Å². The molecule has 0 aromatic rings. The molecule has 1 spiro atoms. The first-order valence-electron chi connectivity index (χ1n) is 6.27. The van der Waals surface area contributed by atoms with Crippen LogP contribution in [0.15, 0.2) is 0 Å². The Labute approximate surface area is 129 Å². The molecule has 3 unspecified atom stereocenters. The molecule has 0 bridgehead atoms. The van der Waals surface area contributed by atoms with E-state index in [2.05, 4.69) is 37.4 Å². The van der Waals surface area contributed by atoms with E-state index in [-0.39, 0.29) is 20.9 Å². The molecule has 2 aliphatic rings. The van der Waals surface area contributed by atoms with Gasteiger partial charge in [-0.3, -0.25) is 0 Å². The van der Waals surface area contributed by atoms with E-state index in [1.807, 2.05) is 0 Å². The van der Waals surface area contributed by atoms with Crippen LogP contribution in [0.25, 0.3) is 0 Å². The number of hydrogen-bond acceptors (Lipinski definition) is 2. The molecule has 16 heavy (non-hydrogen) atoms. The Morgan fingerprint density at radius 2 is 1.75 bits per heavy atom. The fourth-order valence-corrected chi connectivity index (χ4v) is 20.1. The Bertz CT molecular complexity index is 225. The minimum atomic E-state index is 0.290. The first-order valence-corrected chi connectivity index (χ1v) is 13.8. The summed E-state index contributed by atoms with van der Waals surface area (Å²) in [7, 11) is 0. The maximum absolute atomic E-state index is 2.48. The van der Waals surface area contributed by atoms with Crippen molar-refractivity contribution in [1.82, 2.24) is 0 Å². The van der Waals surface area contributed by atoms with Crippen molar-refractivity contribution in [3.05, 3.63) is 0 Å². The second-order valence-corrected chi connectivity index (χ2v) is 19.7. The second-order valence-electron chi connectivity index (χ2n) is 4.73. The van der Waals surface area contributed by atoms with E-state index in [4.69, 9.17) is 0 Å². The van der Waals surface area contributed by atoms with Crippen LogP contribution < -0.4 is 0 Å². The van der Waals surface area contributed by atoms with Crippen LogP contribution in [0.5, 0.6) is 0 Å². The zero-order chi connectivity index (χ0) is 11.4. The molecule has 0 amide bonds. The van der Waals surface area contributed by atoms with E-state index in [0.717, 1.165) is 11.3 Å². The van der Waals surface area contributed by atoms with Crippen molar-refractivity contribution in [2.75, 3.05) is 5.75 Å². The monoisotopic (exact) mass is 490 g/mol. The van der Waals surface area contributed by atoms with Crippen molar-refractivity contribution >= 4 is 65.4 Å². The molecule has 4 heteroatoms. The summed E-state index contributed by atoms with van der Waals surface area (Å²) >= 11 is 5.33. The molecular weight excluding hydrogens is 463 g/mol. The van der Waals surface area contributed by atoms with Gasteiger partial charge < -0.3 is 0 Å². The molecule has 2 rings (SSSR count). The van der Waals surface area contributed by atoms with Gasteiger partial charge in [-0.25, -0.2) is 0 Å². The van der Waals surface area contributed by atoms with Gasteiger partial charge in [-0.05, 0) is 0 Å².